The predicted molar refractivity (Wildman–Crippen MR) is 86.0 cm³/mol. The Morgan fingerprint density at radius 1 is 0.962 bits per heavy atom. The van der Waals surface area contributed by atoms with E-state index in [0.29, 0.717) is 11.1 Å². The van der Waals surface area contributed by atoms with Crippen LogP contribution in [0.5, 0.6) is 11.5 Å². The van der Waals surface area contributed by atoms with E-state index in [1.54, 1.807) is 39.8 Å². The minimum Gasteiger partial charge on any atom is -0.451 e. The van der Waals surface area contributed by atoms with Crippen molar-refractivity contribution in [3.8, 4) is 11.5 Å². The summed E-state index contributed by atoms with van der Waals surface area (Å²) in [6.07, 6.45) is 0. The van der Waals surface area contributed by atoms with Crippen molar-refractivity contribution in [1.82, 2.24) is 0 Å². The first-order valence-corrected chi connectivity index (χ1v) is 8.81. The van der Waals surface area contributed by atoms with E-state index < -0.39 is 49.4 Å². The first-order valence-electron chi connectivity index (χ1n) is 7.37. The Morgan fingerprint density at radius 3 is 1.88 bits per heavy atom. The van der Waals surface area contributed by atoms with Gasteiger partial charge < -0.3 is 4.74 Å². The number of hydrogen-bond donors (Lipinski definition) is 1. The molecule has 0 aromatic heterocycles. The van der Waals surface area contributed by atoms with E-state index >= 15 is 0 Å². The molecule has 0 aliphatic carbocycles. The summed E-state index contributed by atoms with van der Waals surface area (Å²) in [5.41, 5.74) is 0.632. The monoisotopic (exact) mass is 392 g/mol. The Labute approximate surface area is 148 Å². The quantitative estimate of drug-likeness (QED) is 0.459. The van der Waals surface area contributed by atoms with Crippen LogP contribution < -0.4 is 4.74 Å². The molecule has 0 saturated heterocycles. The lowest BCUT2D eigenvalue weighted by molar-refractivity contribution is 0.342. The third-order valence-electron chi connectivity index (χ3n) is 3.60. The van der Waals surface area contributed by atoms with E-state index in [-0.39, 0.29) is 5.75 Å². The van der Waals surface area contributed by atoms with Crippen LogP contribution in [-0.4, -0.2) is 13.0 Å². The molecule has 0 atom stereocenters. The predicted octanol–water partition coefficient (Wildman–Crippen LogP) is 4.89. The van der Waals surface area contributed by atoms with Gasteiger partial charge in [0, 0.05) is 5.56 Å². The van der Waals surface area contributed by atoms with Crippen molar-refractivity contribution in [2.45, 2.75) is 38.0 Å². The Hall–Kier alpha value is -2.13. The summed E-state index contributed by atoms with van der Waals surface area (Å²) in [7, 11) is -5.52. The number of halogens is 4. The van der Waals surface area contributed by atoms with Crippen LogP contribution in [0.4, 0.5) is 17.6 Å². The molecule has 0 aliphatic heterocycles. The van der Waals surface area contributed by atoms with Crippen molar-refractivity contribution in [2.24, 2.45) is 0 Å². The number of ether oxygens (including phenoxy) is 1. The summed E-state index contributed by atoms with van der Waals surface area (Å²) in [4.78, 5) is -2.11. The Kier molecular flexibility index (Phi) is 5.08. The van der Waals surface area contributed by atoms with Gasteiger partial charge in [-0.2, -0.15) is 17.2 Å². The van der Waals surface area contributed by atoms with Crippen molar-refractivity contribution in [3.63, 3.8) is 0 Å². The maximum Gasteiger partial charge on any atom is 0.300 e. The van der Waals surface area contributed by atoms with Crippen molar-refractivity contribution in [2.75, 3.05) is 0 Å². The fraction of sp³-hybridized carbons (Fsp3) is 0.294. The van der Waals surface area contributed by atoms with Gasteiger partial charge in [-0.25, -0.2) is 8.78 Å². The molecular weight excluding hydrogens is 376 g/mol. The standard InChI is InChI=1S/C17H16F4O4S/c1-8-5-6-9(17(2,3)4)10(7-8)25-15-11(18)13(20)16(26(22,23)24)14(21)12(15)19/h5-7H,1-4H3,(H,22,23,24). The topological polar surface area (TPSA) is 63.6 Å². The number of benzene rings is 2. The first kappa shape index (κ1) is 20.2. The second-order valence-corrected chi connectivity index (χ2v) is 8.10. The SMILES string of the molecule is Cc1ccc(C(C)(C)C)c(Oc2c(F)c(F)c(S(=O)(=O)O)c(F)c2F)c1. The summed E-state index contributed by atoms with van der Waals surface area (Å²) in [5, 5.41) is 0. The lowest BCUT2D eigenvalue weighted by Gasteiger charge is -2.23. The maximum atomic E-state index is 14.2. The lowest BCUT2D eigenvalue weighted by Crippen LogP contribution is -2.14. The van der Waals surface area contributed by atoms with Gasteiger partial charge in [0.15, 0.2) is 16.5 Å². The van der Waals surface area contributed by atoms with Crippen LogP contribution in [0.3, 0.4) is 0 Å². The average molecular weight is 392 g/mol. The number of aryl methyl sites for hydroxylation is 1. The van der Waals surface area contributed by atoms with Gasteiger partial charge in [-0.3, -0.25) is 4.55 Å². The van der Waals surface area contributed by atoms with Crippen LogP contribution in [0.2, 0.25) is 0 Å². The Balaban J connectivity index is 2.73. The van der Waals surface area contributed by atoms with Crippen molar-refractivity contribution < 1.29 is 35.3 Å². The van der Waals surface area contributed by atoms with Crippen molar-refractivity contribution in [1.29, 1.82) is 0 Å². The lowest BCUT2D eigenvalue weighted by atomic mass is 9.86. The molecule has 26 heavy (non-hydrogen) atoms. The summed E-state index contributed by atoms with van der Waals surface area (Å²) in [6, 6.07) is 4.79. The van der Waals surface area contributed by atoms with Gasteiger partial charge in [-0.1, -0.05) is 32.9 Å². The fourth-order valence-corrected chi connectivity index (χ4v) is 2.98. The first-order chi connectivity index (χ1) is 11.7. The molecule has 142 valence electrons. The zero-order valence-corrected chi connectivity index (χ0v) is 15.1. The highest BCUT2D eigenvalue weighted by Crippen LogP contribution is 2.39. The summed E-state index contributed by atoms with van der Waals surface area (Å²) in [6.45, 7) is 7.05. The molecule has 2 aromatic rings. The van der Waals surface area contributed by atoms with Crippen LogP contribution in [0.15, 0.2) is 23.1 Å². The summed E-state index contributed by atoms with van der Waals surface area (Å²) in [5.74, 6) is -10.2. The minimum absolute atomic E-state index is 0.0475. The maximum absolute atomic E-state index is 14.2. The Morgan fingerprint density at radius 2 is 1.46 bits per heavy atom. The highest BCUT2D eigenvalue weighted by Gasteiger charge is 2.34. The molecule has 1 N–H and O–H groups in total. The van der Waals surface area contributed by atoms with Crippen LogP contribution >= 0.6 is 0 Å². The molecule has 9 heteroatoms. The molecule has 0 aliphatic rings. The number of rotatable bonds is 3. The van der Waals surface area contributed by atoms with Crippen molar-refractivity contribution in [3.05, 3.63) is 52.6 Å². The second kappa shape index (κ2) is 6.55. The molecule has 0 amide bonds. The molecule has 0 heterocycles. The molecule has 0 bridgehead atoms. The molecule has 4 nitrogen and oxygen atoms in total. The largest absolute Gasteiger partial charge is 0.451 e. The third-order valence-corrected chi connectivity index (χ3v) is 4.47. The van der Waals surface area contributed by atoms with Gasteiger partial charge in [0.2, 0.25) is 17.4 Å². The third kappa shape index (κ3) is 3.68. The molecule has 0 fully saturated rings. The molecule has 0 unspecified atom stereocenters. The van der Waals surface area contributed by atoms with Crippen molar-refractivity contribution >= 4 is 10.1 Å². The summed E-state index contributed by atoms with van der Waals surface area (Å²) >= 11 is 0. The van der Waals surface area contributed by atoms with Gasteiger partial charge in [-0.15, -0.1) is 0 Å². The summed E-state index contributed by atoms with van der Waals surface area (Å²) < 4.78 is 92.0. The van der Waals surface area contributed by atoms with Crippen LogP contribution in [-0.2, 0) is 15.5 Å². The van der Waals surface area contributed by atoms with Gasteiger partial charge in [-0.05, 0) is 24.0 Å². The van der Waals surface area contributed by atoms with Gasteiger partial charge in [0.25, 0.3) is 0 Å². The zero-order chi connectivity index (χ0) is 20.0. The number of hydrogen-bond acceptors (Lipinski definition) is 3. The van der Waals surface area contributed by atoms with E-state index in [1.807, 2.05) is 0 Å². The molecule has 0 radical (unpaired) electrons. The minimum atomic E-state index is -5.52. The van der Waals surface area contributed by atoms with E-state index in [2.05, 4.69) is 0 Å². The smallest absolute Gasteiger partial charge is 0.300 e. The van der Waals surface area contributed by atoms with Crippen LogP contribution in [0.25, 0.3) is 0 Å². The fourth-order valence-electron chi connectivity index (χ4n) is 2.35. The molecule has 0 spiro atoms. The van der Waals surface area contributed by atoms with E-state index in [4.69, 9.17) is 9.29 Å². The average Bonchev–Trinajstić information content (AvgIpc) is 2.47. The molecule has 2 aromatic carbocycles. The van der Waals surface area contributed by atoms with Gasteiger partial charge in [0.1, 0.15) is 5.75 Å². The normalized spacial score (nSPS) is 12.3. The molecule has 2 rings (SSSR count). The highest BCUT2D eigenvalue weighted by atomic mass is 32.2. The molecular formula is C17H16F4O4S. The highest BCUT2D eigenvalue weighted by molar-refractivity contribution is 7.85. The van der Waals surface area contributed by atoms with Gasteiger partial charge >= 0.3 is 10.1 Å². The zero-order valence-electron chi connectivity index (χ0n) is 14.3. The van der Waals surface area contributed by atoms with E-state index in [9.17, 15) is 26.0 Å². The Bertz CT molecular complexity index is 950. The van der Waals surface area contributed by atoms with E-state index in [1.165, 1.54) is 6.07 Å². The molecule has 0 saturated carbocycles. The van der Waals surface area contributed by atoms with Gasteiger partial charge in [0.05, 0.1) is 0 Å². The van der Waals surface area contributed by atoms with Crippen LogP contribution in [0.1, 0.15) is 31.9 Å². The van der Waals surface area contributed by atoms with Crippen LogP contribution in [0, 0.1) is 30.2 Å². The van der Waals surface area contributed by atoms with E-state index in [0.717, 1.165) is 0 Å². The second-order valence-electron chi connectivity index (χ2n) is 6.74.